The summed E-state index contributed by atoms with van der Waals surface area (Å²) in [6.45, 7) is 3.62. The van der Waals surface area contributed by atoms with Gasteiger partial charge in [-0.05, 0) is 67.5 Å². The number of rotatable bonds is 3. The van der Waals surface area contributed by atoms with Crippen molar-refractivity contribution in [2.75, 3.05) is 7.11 Å². The molecule has 0 aromatic carbocycles. The van der Waals surface area contributed by atoms with Crippen LogP contribution in [0.2, 0.25) is 0 Å². The van der Waals surface area contributed by atoms with E-state index in [4.69, 9.17) is 9.47 Å². The highest BCUT2D eigenvalue weighted by molar-refractivity contribution is 14.1. The van der Waals surface area contributed by atoms with Gasteiger partial charge < -0.3 is 14.8 Å². The third kappa shape index (κ3) is 3.73. The Morgan fingerprint density at radius 1 is 1.32 bits per heavy atom. The van der Waals surface area contributed by atoms with Crippen molar-refractivity contribution >= 4 is 34.7 Å². The van der Waals surface area contributed by atoms with Crippen molar-refractivity contribution in [2.24, 2.45) is 17.8 Å². The molecule has 0 bridgehead atoms. The minimum Gasteiger partial charge on any atom is -0.469 e. The van der Waals surface area contributed by atoms with Crippen LogP contribution in [0.15, 0.2) is 0 Å². The van der Waals surface area contributed by atoms with Gasteiger partial charge in [-0.1, -0.05) is 0 Å². The molecule has 2 fully saturated rings. The normalized spacial score (nSPS) is 33.1. The number of hydrogen-bond acceptors (Lipinski definition) is 4. The Kier molecular flexibility index (Phi) is 4.27. The number of nitrogens with one attached hydrogen (secondary N) is 1. The van der Waals surface area contributed by atoms with E-state index >= 15 is 0 Å². The van der Waals surface area contributed by atoms with Gasteiger partial charge in [-0.3, -0.25) is 4.79 Å². The average Bonchev–Trinajstić information content (AvgIpc) is 3.05. The van der Waals surface area contributed by atoms with Gasteiger partial charge in [0.25, 0.3) is 0 Å². The molecule has 2 aliphatic rings. The second kappa shape index (κ2) is 5.46. The van der Waals surface area contributed by atoms with Crippen LogP contribution >= 0.6 is 22.6 Å². The van der Waals surface area contributed by atoms with Crippen molar-refractivity contribution < 1.29 is 19.1 Å². The van der Waals surface area contributed by atoms with Crippen LogP contribution in [0.25, 0.3) is 0 Å². The van der Waals surface area contributed by atoms with Gasteiger partial charge in [0, 0.05) is 6.04 Å². The number of ether oxygens (including phenoxy) is 2. The van der Waals surface area contributed by atoms with Crippen molar-refractivity contribution in [3.63, 3.8) is 0 Å². The summed E-state index contributed by atoms with van der Waals surface area (Å²) in [7, 11) is 1.39. The van der Waals surface area contributed by atoms with Gasteiger partial charge in [0.2, 0.25) is 0 Å². The molecule has 1 amide bonds. The molecule has 0 radical (unpaired) electrons. The third-order valence-electron chi connectivity index (χ3n) is 3.84. The molecule has 0 unspecified atom stereocenters. The smallest absolute Gasteiger partial charge is 0.408 e. The summed E-state index contributed by atoms with van der Waals surface area (Å²) in [5.41, 5.74) is 0. The van der Waals surface area contributed by atoms with Gasteiger partial charge in [0.15, 0.2) is 3.61 Å². The Morgan fingerprint density at radius 3 is 2.58 bits per heavy atom. The minimum absolute atomic E-state index is 0.141. The summed E-state index contributed by atoms with van der Waals surface area (Å²) >= 11 is 2.05. The summed E-state index contributed by atoms with van der Waals surface area (Å²) in [4.78, 5) is 23.6. The van der Waals surface area contributed by atoms with Crippen LogP contribution in [0.3, 0.4) is 0 Å². The Labute approximate surface area is 126 Å². The van der Waals surface area contributed by atoms with E-state index in [9.17, 15) is 9.59 Å². The molecule has 2 aliphatic carbocycles. The lowest BCUT2D eigenvalue weighted by molar-refractivity contribution is -0.147. The van der Waals surface area contributed by atoms with Crippen LogP contribution < -0.4 is 5.32 Å². The fourth-order valence-corrected chi connectivity index (χ4v) is 3.12. The van der Waals surface area contributed by atoms with Crippen LogP contribution in [0.5, 0.6) is 0 Å². The fraction of sp³-hybridized carbons (Fsp3) is 0.846. The highest BCUT2D eigenvalue weighted by Gasteiger charge is 2.52. The molecule has 6 heteroatoms. The number of alkyl halides is 1. The topological polar surface area (TPSA) is 64.6 Å². The number of esters is 1. The summed E-state index contributed by atoms with van der Waals surface area (Å²) in [6.07, 6.45) is 2.47. The van der Waals surface area contributed by atoms with Gasteiger partial charge >= 0.3 is 12.1 Å². The lowest BCUT2D eigenvalue weighted by Gasteiger charge is -2.30. The zero-order valence-electron chi connectivity index (χ0n) is 11.4. The third-order valence-corrected chi connectivity index (χ3v) is 4.06. The molecule has 19 heavy (non-hydrogen) atoms. The second-order valence-corrected chi connectivity index (χ2v) is 8.39. The first-order chi connectivity index (χ1) is 8.81. The standard InChI is InChI=1S/C13H20INO4/c1-13(2,14)19-12(17)15-10-8(11(16)18-3)5-4-7-6-9(7)10/h7-10H,4-6H2,1-3H3,(H,15,17)/t7-,8+,9+,10+/m1/s1. The number of hydrogen-bond donors (Lipinski definition) is 1. The fourth-order valence-electron chi connectivity index (χ4n) is 2.92. The van der Waals surface area contributed by atoms with Gasteiger partial charge in [-0.2, -0.15) is 0 Å². The molecule has 0 saturated heterocycles. The number of methoxy groups -OCH3 is 1. The molecule has 2 rings (SSSR count). The lowest BCUT2D eigenvalue weighted by atomic mass is 9.84. The van der Waals surface area contributed by atoms with Crippen molar-refractivity contribution in [1.29, 1.82) is 0 Å². The maximum absolute atomic E-state index is 11.9. The van der Waals surface area contributed by atoms with Gasteiger partial charge in [-0.15, -0.1) is 0 Å². The number of alkyl carbamates (subject to hydrolysis) is 1. The van der Waals surface area contributed by atoms with Crippen molar-refractivity contribution in [1.82, 2.24) is 5.32 Å². The Balaban J connectivity index is 1.99. The average molecular weight is 381 g/mol. The second-order valence-electron chi connectivity index (χ2n) is 5.79. The minimum atomic E-state index is -0.555. The van der Waals surface area contributed by atoms with Crippen LogP contribution in [-0.4, -0.2) is 28.8 Å². The maximum Gasteiger partial charge on any atom is 0.408 e. The predicted molar refractivity (Wildman–Crippen MR) is 77.8 cm³/mol. The molecule has 0 aliphatic heterocycles. The van der Waals surface area contributed by atoms with E-state index in [0.29, 0.717) is 11.8 Å². The summed E-state index contributed by atoms with van der Waals surface area (Å²) in [5.74, 6) is 0.588. The molecule has 2 saturated carbocycles. The number of amides is 1. The van der Waals surface area contributed by atoms with E-state index in [1.807, 2.05) is 13.8 Å². The van der Waals surface area contributed by atoms with E-state index in [1.165, 1.54) is 7.11 Å². The molecule has 1 N–H and O–H groups in total. The molecular formula is C13H20INO4. The highest BCUT2D eigenvalue weighted by atomic mass is 127. The zero-order valence-corrected chi connectivity index (χ0v) is 13.6. The van der Waals surface area contributed by atoms with Gasteiger partial charge in [0.05, 0.1) is 13.0 Å². The maximum atomic E-state index is 11.9. The number of halogens is 1. The number of carbonyl (C=O) groups is 2. The highest BCUT2D eigenvalue weighted by Crippen LogP contribution is 2.51. The van der Waals surface area contributed by atoms with E-state index in [1.54, 1.807) is 0 Å². The van der Waals surface area contributed by atoms with Crippen molar-refractivity contribution in [3.8, 4) is 0 Å². The summed E-state index contributed by atoms with van der Waals surface area (Å²) in [5, 5.41) is 2.87. The van der Waals surface area contributed by atoms with Crippen LogP contribution in [-0.2, 0) is 14.3 Å². The largest absolute Gasteiger partial charge is 0.469 e. The van der Waals surface area contributed by atoms with Gasteiger partial charge in [0.1, 0.15) is 0 Å². The molecule has 108 valence electrons. The predicted octanol–water partition coefficient (Wildman–Crippen LogP) is 2.47. The van der Waals surface area contributed by atoms with Crippen LogP contribution in [0, 0.1) is 17.8 Å². The van der Waals surface area contributed by atoms with Gasteiger partial charge in [-0.25, -0.2) is 4.79 Å². The van der Waals surface area contributed by atoms with Crippen molar-refractivity contribution in [2.45, 2.75) is 42.8 Å². The molecule has 0 aromatic heterocycles. The van der Waals surface area contributed by atoms with Crippen LogP contribution in [0.4, 0.5) is 4.79 Å². The van der Waals surface area contributed by atoms with E-state index < -0.39 is 9.70 Å². The first-order valence-electron chi connectivity index (χ1n) is 6.58. The molecule has 5 nitrogen and oxygen atoms in total. The van der Waals surface area contributed by atoms with E-state index in [-0.39, 0.29) is 17.9 Å². The summed E-state index contributed by atoms with van der Waals surface area (Å²) < 4.78 is 9.53. The first-order valence-corrected chi connectivity index (χ1v) is 7.66. The molecule has 4 atom stereocenters. The van der Waals surface area contributed by atoms with E-state index in [0.717, 1.165) is 19.3 Å². The monoisotopic (exact) mass is 381 g/mol. The number of fused-ring (bicyclic) bond motifs is 1. The van der Waals surface area contributed by atoms with E-state index in [2.05, 4.69) is 27.9 Å². The lowest BCUT2D eigenvalue weighted by Crippen LogP contribution is -2.48. The molecular weight excluding hydrogens is 361 g/mol. The Hall–Kier alpha value is -0.530. The quantitative estimate of drug-likeness (QED) is 0.464. The Bertz CT molecular complexity index is 379. The van der Waals surface area contributed by atoms with Crippen molar-refractivity contribution in [3.05, 3.63) is 0 Å². The molecule has 0 aromatic rings. The molecule has 0 spiro atoms. The SMILES string of the molecule is COC(=O)[C@H]1CC[C@@H]2C[C@@H]2[C@H]1NC(=O)OC(C)(C)I. The Morgan fingerprint density at radius 2 is 2.00 bits per heavy atom. The zero-order chi connectivity index (χ0) is 14.2. The number of carbonyl (C=O) groups excluding carboxylic acids is 2. The first kappa shape index (κ1) is 14.9. The van der Waals surface area contributed by atoms with Crippen LogP contribution in [0.1, 0.15) is 33.1 Å². The molecule has 0 heterocycles. The summed E-state index contributed by atoms with van der Waals surface area (Å²) in [6, 6.07) is -0.141.